The van der Waals surface area contributed by atoms with E-state index < -0.39 is 11.5 Å². The van der Waals surface area contributed by atoms with Crippen LogP contribution in [0.4, 0.5) is 0 Å². The van der Waals surface area contributed by atoms with Crippen molar-refractivity contribution >= 4 is 12.1 Å². The predicted molar refractivity (Wildman–Crippen MR) is 41.7 cm³/mol. The van der Waals surface area contributed by atoms with E-state index in [4.69, 9.17) is 4.74 Å². The van der Waals surface area contributed by atoms with Gasteiger partial charge in [-0.2, -0.15) is 0 Å². The van der Waals surface area contributed by atoms with Gasteiger partial charge in [0.25, 0.3) is 0 Å². The maximum absolute atomic E-state index is 11.6. The first-order valence-electron chi connectivity index (χ1n) is 4.42. The standard InChI is InChI=1S/C9H12O3/c10-5-7-6-12-9(8(7)11)3-1-2-4-9/h5,7H,1-4,6H2. The fourth-order valence-electron chi connectivity index (χ4n) is 2.17. The van der Waals surface area contributed by atoms with Gasteiger partial charge in [0.2, 0.25) is 0 Å². The number of rotatable bonds is 1. The lowest BCUT2D eigenvalue weighted by atomic mass is 9.92. The zero-order valence-electron chi connectivity index (χ0n) is 6.91. The van der Waals surface area contributed by atoms with Crippen LogP contribution in [-0.4, -0.2) is 24.3 Å². The third-order valence-corrected chi connectivity index (χ3v) is 2.90. The van der Waals surface area contributed by atoms with Crippen molar-refractivity contribution in [2.45, 2.75) is 31.3 Å². The summed E-state index contributed by atoms with van der Waals surface area (Å²) in [6.45, 7) is 0.308. The largest absolute Gasteiger partial charge is 0.366 e. The summed E-state index contributed by atoms with van der Waals surface area (Å²) in [4.78, 5) is 22.1. The molecule has 1 unspecified atom stereocenters. The number of carbonyl (C=O) groups excluding carboxylic acids is 2. The molecule has 0 radical (unpaired) electrons. The third-order valence-electron chi connectivity index (χ3n) is 2.90. The zero-order chi connectivity index (χ0) is 8.60. The van der Waals surface area contributed by atoms with E-state index in [1.54, 1.807) is 0 Å². The second-order valence-corrected chi connectivity index (χ2v) is 3.62. The van der Waals surface area contributed by atoms with E-state index in [2.05, 4.69) is 0 Å². The number of aldehydes is 1. The minimum absolute atomic E-state index is 0.0231. The van der Waals surface area contributed by atoms with Gasteiger partial charge < -0.3 is 9.53 Å². The van der Waals surface area contributed by atoms with Gasteiger partial charge in [0.1, 0.15) is 11.9 Å². The Labute approximate surface area is 71.1 Å². The van der Waals surface area contributed by atoms with Crippen molar-refractivity contribution in [2.24, 2.45) is 5.92 Å². The number of ether oxygens (including phenoxy) is 1. The molecule has 1 spiro atoms. The van der Waals surface area contributed by atoms with E-state index in [1.165, 1.54) is 0 Å². The Kier molecular flexibility index (Phi) is 1.76. The highest BCUT2D eigenvalue weighted by Crippen LogP contribution is 2.39. The van der Waals surface area contributed by atoms with E-state index in [0.717, 1.165) is 32.0 Å². The van der Waals surface area contributed by atoms with E-state index in [-0.39, 0.29) is 5.78 Å². The molecule has 3 heteroatoms. The fourth-order valence-corrected chi connectivity index (χ4v) is 2.17. The van der Waals surface area contributed by atoms with Gasteiger partial charge in [-0.25, -0.2) is 0 Å². The monoisotopic (exact) mass is 168 g/mol. The summed E-state index contributed by atoms with van der Waals surface area (Å²) in [7, 11) is 0. The highest BCUT2D eigenvalue weighted by atomic mass is 16.5. The van der Waals surface area contributed by atoms with Gasteiger partial charge in [-0.1, -0.05) is 0 Å². The Morgan fingerprint density at radius 2 is 2.08 bits per heavy atom. The summed E-state index contributed by atoms with van der Waals surface area (Å²) in [5, 5.41) is 0. The minimum Gasteiger partial charge on any atom is -0.366 e. The second kappa shape index (κ2) is 2.66. The average molecular weight is 168 g/mol. The van der Waals surface area contributed by atoms with E-state index >= 15 is 0 Å². The Morgan fingerprint density at radius 1 is 1.42 bits per heavy atom. The van der Waals surface area contributed by atoms with E-state index in [0.29, 0.717) is 6.61 Å². The first-order chi connectivity index (χ1) is 5.78. The molecule has 1 saturated heterocycles. The number of hydrogen-bond acceptors (Lipinski definition) is 3. The second-order valence-electron chi connectivity index (χ2n) is 3.62. The maximum Gasteiger partial charge on any atom is 0.177 e. The van der Waals surface area contributed by atoms with Gasteiger partial charge in [0.15, 0.2) is 5.78 Å². The lowest BCUT2D eigenvalue weighted by Gasteiger charge is -2.19. The summed E-state index contributed by atoms with van der Waals surface area (Å²) in [6, 6.07) is 0. The van der Waals surface area contributed by atoms with Gasteiger partial charge in [-0.05, 0) is 25.7 Å². The molecule has 1 saturated carbocycles. The number of carbonyl (C=O) groups is 2. The molecule has 0 aromatic carbocycles. The third kappa shape index (κ3) is 0.926. The highest BCUT2D eigenvalue weighted by Gasteiger charge is 2.50. The normalized spacial score (nSPS) is 33.0. The van der Waals surface area contributed by atoms with Crippen LogP contribution in [-0.2, 0) is 14.3 Å². The molecule has 2 fully saturated rings. The zero-order valence-corrected chi connectivity index (χ0v) is 6.91. The number of ketones is 1. The van der Waals surface area contributed by atoms with Crippen molar-refractivity contribution in [3.8, 4) is 0 Å². The molecular weight excluding hydrogens is 156 g/mol. The average Bonchev–Trinajstić information content (AvgIpc) is 2.65. The van der Waals surface area contributed by atoms with Gasteiger partial charge in [0.05, 0.1) is 12.5 Å². The summed E-state index contributed by atoms with van der Waals surface area (Å²) in [5.41, 5.74) is -0.550. The number of hydrogen-bond donors (Lipinski definition) is 0. The highest BCUT2D eigenvalue weighted by molar-refractivity contribution is 6.00. The van der Waals surface area contributed by atoms with Crippen LogP contribution in [0.3, 0.4) is 0 Å². The van der Waals surface area contributed by atoms with Crippen LogP contribution in [0.15, 0.2) is 0 Å². The van der Waals surface area contributed by atoms with Crippen LogP contribution < -0.4 is 0 Å². The predicted octanol–water partition coefficient (Wildman–Crippen LogP) is 0.714. The molecule has 1 atom stereocenters. The molecule has 1 aliphatic carbocycles. The lowest BCUT2D eigenvalue weighted by molar-refractivity contribution is -0.133. The van der Waals surface area contributed by atoms with Gasteiger partial charge >= 0.3 is 0 Å². The van der Waals surface area contributed by atoms with Gasteiger partial charge in [-0.3, -0.25) is 4.79 Å². The quantitative estimate of drug-likeness (QED) is 0.428. The summed E-state index contributed by atoms with van der Waals surface area (Å²) < 4.78 is 5.44. The van der Waals surface area contributed by atoms with Crippen LogP contribution in [0.25, 0.3) is 0 Å². The topological polar surface area (TPSA) is 43.4 Å². The minimum atomic E-state index is -0.550. The van der Waals surface area contributed by atoms with Crippen LogP contribution in [0.5, 0.6) is 0 Å². The summed E-state index contributed by atoms with van der Waals surface area (Å²) in [6.07, 6.45) is 4.45. The van der Waals surface area contributed by atoms with Crippen molar-refractivity contribution in [3.05, 3.63) is 0 Å². The van der Waals surface area contributed by atoms with Crippen LogP contribution in [0.1, 0.15) is 25.7 Å². The van der Waals surface area contributed by atoms with Crippen LogP contribution >= 0.6 is 0 Å². The van der Waals surface area contributed by atoms with Crippen LogP contribution in [0.2, 0.25) is 0 Å². The van der Waals surface area contributed by atoms with Crippen molar-refractivity contribution in [1.82, 2.24) is 0 Å². The smallest absolute Gasteiger partial charge is 0.177 e. The molecule has 3 nitrogen and oxygen atoms in total. The SMILES string of the molecule is O=CC1COC2(CCCC2)C1=O. The molecule has 66 valence electrons. The van der Waals surface area contributed by atoms with Gasteiger partial charge in [0, 0.05) is 0 Å². The lowest BCUT2D eigenvalue weighted by Crippen LogP contribution is -2.34. The summed E-state index contributed by atoms with van der Waals surface area (Å²) in [5.74, 6) is -0.460. The Morgan fingerprint density at radius 3 is 2.58 bits per heavy atom. The molecule has 0 amide bonds. The summed E-state index contributed by atoms with van der Waals surface area (Å²) >= 11 is 0. The molecular formula is C9H12O3. The first kappa shape index (κ1) is 7.92. The first-order valence-corrected chi connectivity index (χ1v) is 4.42. The molecule has 0 N–H and O–H groups in total. The Bertz CT molecular complexity index is 216. The molecule has 1 heterocycles. The van der Waals surface area contributed by atoms with Crippen molar-refractivity contribution in [2.75, 3.05) is 6.61 Å². The van der Waals surface area contributed by atoms with Crippen LogP contribution in [0, 0.1) is 5.92 Å². The molecule has 0 aromatic rings. The Hall–Kier alpha value is -0.700. The molecule has 1 aliphatic heterocycles. The van der Waals surface area contributed by atoms with E-state index in [9.17, 15) is 9.59 Å². The van der Waals surface area contributed by atoms with Gasteiger partial charge in [-0.15, -0.1) is 0 Å². The molecule has 2 aliphatic rings. The van der Waals surface area contributed by atoms with E-state index in [1.807, 2.05) is 0 Å². The fraction of sp³-hybridized carbons (Fsp3) is 0.778. The Balaban J connectivity index is 2.19. The van der Waals surface area contributed by atoms with Crippen molar-refractivity contribution in [1.29, 1.82) is 0 Å². The van der Waals surface area contributed by atoms with Crippen molar-refractivity contribution < 1.29 is 14.3 Å². The molecule has 12 heavy (non-hydrogen) atoms. The molecule has 2 rings (SSSR count). The molecule has 0 bridgehead atoms. The van der Waals surface area contributed by atoms with Crippen molar-refractivity contribution in [3.63, 3.8) is 0 Å². The molecule has 0 aromatic heterocycles. The number of Topliss-reactive ketones (excluding diaryl/α,β-unsaturated/α-hetero) is 1. The maximum atomic E-state index is 11.6.